The molecule has 0 unspecified atom stereocenters. The molecule has 2 aromatic rings. The van der Waals surface area contributed by atoms with E-state index < -0.39 is 0 Å². The van der Waals surface area contributed by atoms with Crippen LogP contribution in [0.5, 0.6) is 0 Å². The van der Waals surface area contributed by atoms with E-state index in [2.05, 4.69) is 15.1 Å². The van der Waals surface area contributed by atoms with Gasteiger partial charge in [-0.1, -0.05) is 0 Å². The van der Waals surface area contributed by atoms with Crippen molar-refractivity contribution >= 4 is 5.91 Å². The van der Waals surface area contributed by atoms with E-state index in [0.29, 0.717) is 25.3 Å². The highest BCUT2D eigenvalue weighted by Gasteiger charge is 2.26. The van der Waals surface area contributed by atoms with E-state index in [1.807, 2.05) is 17.7 Å². The number of fused-ring (bicyclic) bond motifs is 1. The van der Waals surface area contributed by atoms with Gasteiger partial charge in [0.05, 0.1) is 36.8 Å². The Hall–Kier alpha value is -2.28. The van der Waals surface area contributed by atoms with E-state index >= 15 is 0 Å². The maximum Gasteiger partial charge on any atom is 0.274 e. The molecule has 1 aliphatic heterocycles. The quantitative estimate of drug-likeness (QED) is 0.811. The number of nitrogens with zero attached hydrogens (tertiary/aromatic N) is 5. The third kappa shape index (κ3) is 2.78. The van der Waals surface area contributed by atoms with Crippen LogP contribution in [0.2, 0.25) is 0 Å². The second-order valence-electron chi connectivity index (χ2n) is 5.09. The zero-order valence-corrected chi connectivity index (χ0v) is 12.1. The number of carbonyl (C=O) groups excluding carboxylic acids is 1. The highest BCUT2D eigenvalue weighted by Crippen LogP contribution is 2.15. The van der Waals surface area contributed by atoms with Gasteiger partial charge in [-0.2, -0.15) is 5.10 Å². The Morgan fingerprint density at radius 3 is 2.90 bits per heavy atom. The Labute approximate surface area is 122 Å². The SMILES string of the molecule is CO[C@H]1CN(C(=O)c2cnc(C)cn2)Cc2ccnn2C1. The molecule has 3 rings (SSSR count). The summed E-state index contributed by atoms with van der Waals surface area (Å²) in [6.45, 7) is 3.48. The van der Waals surface area contributed by atoms with Gasteiger partial charge >= 0.3 is 0 Å². The summed E-state index contributed by atoms with van der Waals surface area (Å²) in [5.41, 5.74) is 2.13. The fourth-order valence-electron chi connectivity index (χ4n) is 2.38. The van der Waals surface area contributed by atoms with Gasteiger partial charge in [-0.25, -0.2) is 4.98 Å². The van der Waals surface area contributed by atoms with E-state index in [4.69, 9.17) is 4.74 Å². The van der Waals surface area contributed by atoms with Gasteiger partial charge in [0, 0.05) is 26.0 Å². The van der Waals surface area contributed by atoms with Crippen molar-refractivity contribution in [3.05, 3.63) is 41.7 Å². The van der Waals surface area contributed by atoms with Crippen molar-refractivity contribution in [1.29, 1.82) is 0 Å². The molecule has 0 aromatic carbocycles. The molecule has 3 heterocycles. The smallest absolute Gasteiger partial charge is 0.274 e. The Bertz CT molecular complexity index is 637. The second-order valence-corrected chi connectivity index (χ2v) is 5.09. The number of aromatic nitrogens is 4. The Kier molecular flexibility index (Phi) is 3.66. The lowest BCUT2D eigenvalue weighted by Crippen LogP contribution is -2.37. The van der Waals surface area contributed by atoms with E-state index in [1.165, 1.54) is 6.20 Å². The van der Waals surface area contributed by atoms with Gasteiger partial charge in [-0.05, 0) is 13.0 Å². The number of methoxy groups -OCH3 is 1. The molecule has 1 aliphatic rings. The van der Waals surface area contributed by atoms with E-state index in [9.17, 15) is 4.79 Å². The molecule has 0 saturated heterocycles. The Morgan fingerprint density at radius 1 is 1.33 bits per heavy atom. The summed E-state index contributed by atoms with van der Waals surface area (Å²) in [7, 11) is 1.65. The van der Waals surface area contributed by atoms with Crippen LogP contribution in [-0.4, -0.2) is 50.3 Å². The zero-order valence-electron chi connectivity index (χ0n) is 12.1. The van der Waals surface area contributed by atoms with Crippen LogP contribution in [0.15, 0.2) is 24.7 Å². The molecule has 1 amide bonds. The lowest BCUT2D eigenvalue weighted by Gasteiger charge is -2.22. The molecule has 7 heteroatoms. The molecule has 21 heavy (non-hydrogen) atoms. The average molecular weight is 287 g/mol. The van der Waals surface area contributed by atoms with Gasteiger partial charge in [0.15, 0.2) is 0 Å². The first kappa shape index (κ1) is 13.7. The maximum atomic E-state index is 12.6. The fourth-order valence-corrected chi connectivity index (χ4v) is 2.38. The van der Waals surface area contributed by atoms with Crippen molar-refractivity contribution in [2.75, 3.05) is 13.7 Å². The number of carbonyl (C=O) groups is 1. The van der Waals surface area contributed by atoms with Crippen molar-refractivity contribution in [1.82, 2.24) is 24.6 Å². The second kappa shape index (κ2) is 5.61. The van der Waals surface area contributed by atoms with Gasteiger partial charge in [-0.15, -0.1) is 0 Å². The van der Waals surface area contributed by atoms with E-state index in [1.54, 1.807) is 24.4 Å². The van der Waals surface area contributed by atoms with Crippen LogP contribution in [0.4, 0.5) is 0 Å². The Morgan fingerprint density at radius 2 is 2.19 bits per heavy atom. The molecule has 0 N–H and O–H groups in total. The van der Waals surface area contributed by atoms with Gasteiger partial charge in [0.25, 0.3) is 5.91 Å². The molecular formula is C14H17N5O2. The summed E-state index contributed by atoms with van der Waals surface area (Å²) >= 11 is 0. The van der Waals surface area contributed by atoms with Crippen molar-refractivity contribution in [3.63, 3.8) is 0 Å². The van der Waals surface area contributed by atoms with Crippen LogP contribution in [0.3, 0.4) is 0 Å². The van der Waals surface area contributed by atoms with Gasteiger partial charge < -0.3 is 9.64 Å². The third-order valence-corrected chi connectivity index (χ3v) is 3.58. The summed E-state index contributed by atoms with van der Waals surface area (Å²) in [5, 5.41) is 4.26. The maximum absolute atomic E-state index is 12.6. The van der Waals surface area contributed by atoms with Gasteiger partial charge in [0.2, 0.25) is 0 Å². The average Bonchev–Trinajstić information content (AvgIpc) is 2.85. The summed E-state index contributed by atoms with van der Waals surface area (Å²) < 4.78 is 7.32. The van der Waals surface area contributed by atoms with Crippen LogP contribution in [0, 0.1) is 6.92 Å². The lowest BCUT2D eigenvalue weighted by atomic mass is 10.3. The van der Waals surface area contributed by atoms with Crippen LogP contribution < -0.4 is 0 Å². The van der Waals surface area contributed by atoms with Crippen molar-refractivity contribution in [3.8, 4) is 0 Å². The summed E-state index contributed by atoms with van der Waals surface area (Å²) in [6.07, 6.45) is 4.76. The fraction of sp³-hybridized carbons (Fsp3) is 0.429. The van der Waals surface area contributed by atoms with Crippen LogP contribution in [0.1, 0.15) is 21.9 Å². The molecule has 110 valence electrons. The topological polar surface area (TPSA) is 73.1 Å². The van der Waals surface area contributed by atoms with Crippen LogP contribution >= 0.6 is 0 Å². The number of hydrogen-bond acceptors (Lipinski definition) is 5. The molecule has 0 aliphatic carbocycles. The number of rotatable bonds is 2. The van der Waals surface area contributed by atoms with Crippen molar-refractivity contribution < 1.29 is 9.53 Å². The molecule has 1 atom stereocenters. The zero-order chi connectivity index (χ0) is 14.8. The molecule has 0 radical (unpaired) electrons. The molecule has 2 aromatic heterocycles. The monoisotopic (exact) mass is 287 g/mol. The van der Waals surface area contributed by atoms with E-state index in [0.717, 1.165) is 11.4 Å². The molecule has 7 nitrogen and oxygen atoms in total. The molecule has 0 spiro atoms. The highest BCUT2D eigenvalue weighted by molar-refractivity contribution is 5.92. The predicted octanol–water partition coefficient (Wildman–Crippen LogP) is 0.653. The number of ether oxygens (including phenoxy) is 1. The minimum absolute atomic E-state index is 0.0893. The number of amides is 1. The summed E-state index contributed by atoms with van der Waals surface area (Å²) in [5.74, 6) is -0.140. The van der Waals surface area contributed by atoms with Gasteiger partial charge in [0.1, 0.15) is 5.69 Å². The summed E-state index contributed by atoms with van der Waals surface area (Å²) in [6, 6.07) is 1.92. The first-order chi connectivity index (χ1) is 10.2. The normalized spacial score (nSPS) is 18.2. The highest BCUT2D eigenvalue weighted by atomic mass is 16.5. The molecule has 0 bridgehead atoms. The minimum atomic E-state index is -0.140. The third-order valence-electron chi connectivity index (χ3n) is 3.58. The molecular weight excluding hydrogens is 270 g/mol. The van der Waals surface area contributed by atoms with Crippen molar-refractivity contribution in [2.45, 2.75) is 26.1 Å². The van der Waals surface area contributed by atoms with Crippen molar-refractivity contribution in [2.24, 2.45) is 0 Å². The lowest BCUT2D eigenvalue weighted by molar-refractivity contribution is 0.0446. The standard InChI is InChI=1S/C14H17N5O2/c1-10-5-16-13(6-15-10)14(20)18-7-11-3-4-17-19(11)9-12(8-18)21-2/h3-6,12H,7-9H2,1-2H3/t12-/m0/s1. The van der Waals surface area contributed by atoms with Gasteiger partial charge in [-0.3, -0.25) is 14.5 Å². The number of hydrogen-bond donors (Lipinski definition) is 0. The largest absolute Gasteiger partial charge is 0.378 e. The van der Waals surface area contributed by atoms with Crippen LogP contribution in [0.25, 0.3) is 0 Å². The molecule has 0 saturated carbocycles. The first-order valence-corrected chi connectivity index (χ1v) is 6.79. The summed E-state index contributed by atoms with van der Waals surface area (Å²) in [4.78, 5) is 22.6. The number of aryl methyl sites for hydroxylation is 1. The Balaban J connectivity index is 1.86. The van der Waals surface area contributed by atoms with Crippen LogP contribution in [-0.2, 0) is 17.8 Å². The predicted molar refractivity (Wildman–Crippen MR) is 74.5 cm³/mol. The first-order valence-electron chi connectivity index (χ1n) is 6.79. The van der Waals surface area contributed by atoms with E-state index in [-0.39, 0.29) is 12.0 Å². The minimum Gasteiger partial charge on any atom is -0.378 e. The molecule has 0 fully saturated rings.